The van der Waals surface area contributed by atoms with Crippen molar-refractivity contribution in [1.29, 1.82) is 0 Å². The predicted molar refractivity (Wildman–Crippen MR) is 115 cm³/mol. The number of aliphatic hydroxyl groups is 2. The molecule has 0 bridgehead atoms. The van der Waals surface area contributed by atoms with Crippen LogP contribution in [0.5, 0.6) is 0 Å². The number of aromatic nitrogens is 4. The van der Waals surface area contributed by atoms with Crippen molar-refractivity contribution in [1.82, 2.24) is 19.5 Å². The molecule has 0 aromatic carbocycles. The van der Waals surface area contributed by atoms with Crippen LogP contribution in [0.25, 0.3) is 11.2 Å². The van der Waals surface area contributed by atoms with Crippen molar-refractivity contribution in [2.24, 2.45) is 0 Å². The number of hydrogen-bond donors (Lipinski definition) is 7. The number of imidazole rings is 1. The van der Waals surface area contributed by atoms with Crippen LogP contribution in [-0.4, -0.2) is 99.8 Å². The summed E-state index contributed by atoms with van der Waals surface area (Å²) in [5, 5.41) is 20.6. The van der Waals surface area contributed by atoms with Crippen LogP contribution in [0.4, 0.5) is 5.82 Å². The van der Waals surface area contributed by atoms with Gasteiger partial charge in [-0.15, -0.1) is 0 Å². The highest BCUT2D eigenvalue weighted by atomic mass is 31.3. The van der Waals surface area contributed by atoms with E-state index in [2.05, 4.69) is 23.8 Å². The minimum Gasteiger partial charge on any atom is -0.387 e. The summed E-state index contributed by atoms with van der Waals surface area (Å²) in [5.74, 6) is 0.0701. The number of aliphatic hydroxyl groups excluding tert-OH is 2. The van der Waals surface area contributed by atoms with E-state index in [9.17, 15) is 33.7 Å². The van der Waals surface area contributed by atoms with Crippen molar-refractivity contribution in [2.45, 2.75) is 24.5 Å². The van der Waals surface area contributed by atoms with Gasteiger partial charge in [0.2, 0.25) is 0 Å². The SMILES string of the molecule is Nc1ncnc2c1ncn2[C@@H]1O[C@H](COP(=O)(O)OP(=O)(O)CCOCCP(=O)(O)O)[C@@H](O)[C@H]1O. The molecule has 2 unspecified atom stereocenters. The normalized spacial score (nSPS) is 26.6. The van der Waals surface area contributed by atoms with Crippen LogP contribution in [0.2, 0.25) is 0 Å². The number of ether oxygens (including phenoxy) is 2. The monoisotopic (exact) mass is 563 g/mol. The van der Waals surface area contributed by atoms with Gasteiger partial charge in [-0.3, -0.25) is 18.2 Å². The molecule has 35 heavy (non-hydrogen) atoms. The zero-order valence-corrected chi connectivity index (χ0v) is 20.4. The number of nitrogens with zero attached hydrogens (tertiary/aromatic N) is 4. The van der Waals surface area contributed by atoms with Gasteiger partial charge in [0.15, 0.2) is 17.7 Å². The Morgan fingerprint density at radius 1 is 1.03 bits per heavy atom. The van der Waals surface area contributed by atoms with E-state index in [1.807, 2.05) is 0 Å². The Kier molecular flexibility index (Phi) is 8.82. The zero-order chi connectivity index (χ0) is 26.0. The van der Waals surface area contributed by atoms with E-state index in [4.69, 9.17) is 25.0 Å². The summed E-state index contributed by atoms with van der Waals surface area (Å²) in [6.45, 7) is -1.73. The number of phosphoric acid groups is 1. The van der Waals surface area contributed by atoms with Crippen LogP contribution in [-0.2, 0) is 32.0 Å². The molecule has 1 aliphatic rings. The van der Waals surface area contributed by atoms with Gasteiger partial charge in [-0.25, -0.2) is 23.8 Å². The van der Waals surface area contributed by atoms with Crippen molar-refractivity contribution in [3.8, 4) is 0 Å². The van der Waals surface area contributed by atoms with Gasteiger partial charge in [-0.1, -0.05) is 0 Å². The lowest BCUT2D eigenvalue weighted by Crippen LogP contribution is -2.33. The smallest absolute Gasteiger partial charge is 0.387 e. The number of phosphoric ester groups is 1. The van der Waals surface area contributed by atoms with Gasteiger partial charge in [0.25, 0.3) is 0 Å². The van der Waals surface area contributed by atoms with Crippen molar-refractivity contribution >= 4 is 40.0 Å². The van der Waals surface area contributed by atoms with Gasteiger partial charge in [0.05, 0.1) is 38.5 Å². The summed E-state index contributed by atoms with van der Waals surface area (Å²) in [4.78, 5) is 48.7. The molecule has 6 atom stereocenters. The molecule has 8 N–H and O–H groups in total. The molecule has 2 aromatic heterocycles. The first-order valence-corrected chi connectivity index (χ1v) is 14.8. The highest BCUT2D eigenvalue weighted by molar-refractivity contribution is 7.64. The standard InChI is InChI=1S/C14H24N5O13P3/c15-12-9-13(17-6-16-12)19(7-18-9)14-11(21)10(20)8(31-14)5-30-35(27,28)32-34(25,26)4-2-29-1-3-33(22,23)24/h6-8,10-11,14,20-21H,1-5H2,(H,25,26)(H,27,28)(H2,15,16,17)(H2,22,23,24)/t8-,10-,11-,14-/m1/s1. The third kappa shape index (κ3) is 7.57. The highest BCUT2D eigenvalue weighted by Gasteiger charge is 2.46. The molecular formula is C14H24N5O13P3. The summed E-state index contributed by atoms with van der Waals surface area (Å²) in [7, 11) is -14.2. The van der Waals surface area contributed by atoms with Crippen molar-refractivity contribution in [2.75, 3.05) is 37.9 Å². The first-order valence-electron chi connectivity index (χ1n) is 9.76. The van der Waals surface area contributed by atoms with Gasteiger partial charge >= 0.3 is 23.0 Å². The van der Waals surface area contributed by atoms with Crippen LogP contribution < -0.4 is 5.73 Å². The van der Waals surface area contributed by atoms with E-state index in [0.29, 0.717) is 0 Å². The number of nitrogens with two attached hydrogens (primary N) is 1. The number of nitrogen functional groups attached to an aromatic ring is 1. The average molecular weight is 563 g/mol. The largest absolute Gasteiger partial charge is 0.479 e. The maximum atomic E-state index is 12.1. The van der Waals surface area contributed by atoms with Gasteiger partial charge in [-0.2, -0.15) is 0 Å². The minimum absolute atomic E-state index is 0.0701. The first kappa shape index (κ1) is 28.2. The number of anilines is 1. The number of fused-ring (bicyclic) bond motifs is 1. The van der Waals surface area contributed by atoms with Crippen LogP contribution in [0, 0.1) is 0 Å². The quantitative estimate of drug-likeness (QED) is 0.115. The summed E-state index contributed by atoms with van der Waals surface area (Å²) in [6, 6.07) is 0. The lowest BCUT2D eigenvalue weighted by atomic mass is 10.1. The Hall–Kier alpha value is -1.36. The van der Waals surface area contributed by atoms with E-state index >= 15 is 0 Å². The van der Waals surface area contributed by atoms with Gasteiger partial charge in [-0.05, 0) is 0 Å². The van der Waals surface area contributed by atoms with Crippen molar-refractivity contribution < 1.29 is 61.8 Å². The number of rotatable bonds is 12. The molecule has 1 aliphatic heterocycles. The fraction of sp³-hybridized carbons (Fsp3) is 0.643. The minimum atomic E-state index is -5.14. The average Bonchev–Trinajstić information content (AvgIpc) is 3.27. The second kappa shape index (κ2) is 10.9. The topological polar surface area (TPSA) is 279 Å². The Morgan fingerprint density at radius 3 is 2.40 bits per heavy atom. The Bertz CT molecular complexity index is 1170. The fourth-order valence-corrected chi connectivity index (χ4v) is 5.88. The first-order chi connectivity index (χ1) is 16.2. The van der Waals surface area contributed by atoms with Crippen LogP contribution in [0.3, 0.4) is 0 Å². The maximum Gasteiger partial charge on any atom is 0.479 e. The molecule has 2 aromatic rings. The summed E-state index contributed by atoms with van der Waals surface area (Å²) < 4.78 is 55.3. The lowest BCUT2D eigenvalue weighted by molar-refractivity contribution is -0.0501. The Labute approximate surface area is 197 Å². The molecule has 0 radical (unpaired) electrons. The molecule has 0 aliphatic carbocycles. The maximum absolute atomic E-state index is 12.1. The van der Waals surface area contributed by atoms with Crippen LogP contribution in [0.15, 0.2) is 12.7 Å². The van der Waals surface area contributed by atoms with Gasteiger partial charge in [0, 0.05) is 0 Å². The Balaban J connectivity index is 1.54. The second-order valence-electron chi connectivity index (χ2n) is 7.34. The van der Waals surface area contributed by atoms with Gasteiger partial charge in [0.1, 0.15) is 30.2 Å². The van der Waals surface area contributed by atoms with E-state index in [1.165, 1.54) is 10.9 Å². The van der Waals surface area contributed by atoms with Crippen molar-refractivity contribution in [3.63, 3.8) is 0 Å². The zero-order valence-electron chi connectivity index (χ0n) is 17.7. The molecule has 0 spiro atoms. The second-order valence-corrected chi connectivity index (χ2v) is 12.7. The molecule has 18 nitrogen and oxygen atoms in total. The Morgan fingerprint density at radius 2 is 1.71 bits per heavy atom. The summed E-state index contributed by atoms with van der Waals surface area (Å²) in [6.07, 6.45) is -4.71. The predicted octanol–water partition coefficient (Wildman–Crippen LogP) is -1.46. The van der Waals surface area contributed by atoms with Crippen LogP contribution >= 0.6 is 23.0 Å². The molecule has 21 heteroatoms. The van der Waals surface area contributed by atoms with Crippen LogP contribution in [0.1, 0.15) is 6.23 Å². The molecule has 0 amide bonds. The molecule has 1 fully saturated rings. The molecule has 1 saturated heterocycles. The lowest BCUT2D eigenvalue weighted by Gasteiger charge is -2.19. The van der Waals surface area contributed by atoms with Gasteiger partial charge < -0.3 is 45.0 Å². The van der Waals surface area contributed by atoms with E-state index in [1.54, 1.807) is 0 Å². The van der Waals surface area contributed by atoms with Crippen molar-refractivity contribution in [3.05, 3.63) is 12.7 Å². The fourth-order valence-electron chi connectivity index (χ4n) is 3.01. The molecular weight excluding hydrogens is 539 g/mol. The molecule has 3 rings (SSSR count). The third-order valence-electron chi connectivity index (χ3n) is 4.68. The highest BCUT2D eigenvalue weighted by Crippen LogP contribution is 2.59. The van der Waals surface area contributed by atoms with E-state index in [-0.39, 0.29) is 17.0 Å². The molecule has 0 saturated carbocycles. The number of hydrogen-bond acceptors (Lipinski definition) is 13. The third-order valence-corrected chi connectivity index (χ3v) is 8.51. The molecule has 3 heterocycles. The van der Waals surface area contributed by atoms with E-state index in [0.717, 1.165) is 6.33 Å². The van der Waals surface area contributed by atoms with E-state index < -0.39 is 79.7 Å². The molecule has 198 valence electrons. The summed E-state index contributed by atoms with van der Waals surface area (Å²) in [5.41, 5.74) is 6.12. The summed E-state index contributed by atoms with van der Waals surface area (Å²) >= 11 is 0.